The molecule has 20 heavy (non-hydrogen) atoms. The van der Waals surface area contributed by atoms with Gasteiger partial charge in [-0.1, -0.05) is 19.9 Å². The number of aliphatic hydroxyl groups excluding tert-OH is 1. The van der Waals surface area contributed by atoms with Crippen molar-refractivity contribution in [2.45, 2.75) is 32.5 Å². The van der Waals surface area contributed by atoms with Crippen LogP contribution in [0.2, 0.25) is 0 Å². The van der Waals surface area contributed by atoms with Gasteiger partial charge in [0.15, 0.2) is 0 Å². The Morgan fingerprint density at radius 1 is 1.35 bits per heavy atom. The molecule has 0 spiro atoms. The van der Waals surface area contributed by atoms with E-state index in [1.165, 1.54) is 12.1 Å². The Balaban J connectivity index is 2.87. The summed E-state index contributed by atoms with van der Waals surface area (Å²) >= 11 is 0. The SMILES string of the molecule is CC(C)C(CCO)NC(=O)c1cccc(C(F)(F)F)c1. The minimum absolute atomic E-state index is 0.0385. The van der Waals surface area contributed by atoms with Crippen molar-refractivity contribution in [3.8, 4) is 0 Å². The van der Waals surface area contributed by atoms with E-state index in [4.69, 9.17) is 5.11 Å². The lowest BCUT2D eigenvalue weighted by molar-refractivity contribution is -0.137. The van der Waals surface area contributed by atoms with E-state index in [1.54, 1.807) is 0 Å². The maximum absolute atomic E-state index is 12.6. The highest BCUT2D eigenvalue weighted by atomic mass is 19.4. The molecule has 1 atom stereocenters. The number of hydrogen-bond acceptors (Lipinski definition) is 2. The predicted octanol–water partition coefficient (Wildman–Crippen LogP) is 2.84. The number of benzene rings is 1. The maximum atomic E-state index is 12.6. The molecular weight excluding hydrogens is 271 g/mol. The van der Waals surface area contributed by atoms with Crippen LogP contribution in [0.15, 0.2) is 24.3 Å². The van der Waals surface area contributed by atoms with Gasteiger partial charge in [0.25, 0.3) is 5.91 Å². The zero-order chi connectivity index (χ0) is 15.3. The van der Waals surface area contributed by atoms with Gasteiger partial charge >= 0.3 is 6.18 Å². The summed E-state index contributed by atoms with van der Waals surface area (Å²) in [5.41, 5.74) is -0.892. The van der Waals surface area contributed by atoms with Gasteiger partial charge in [0.2, 0.25) is 0 Å². The van der Waals surface area contributed by atoms with Crippen LogP contribution in [-0.2, 0) is 6.18 Å². The lowest BCUT2D eigenvalue weighted by atomic mass is 10.0. The van der Waals surface area contributed by atoms with Crippen molar-refractivity contribution in [3.05, 3.63) is 35.4 Å². The predicted molar refractivity (Wildman–Crippen MR) is 69.2 cm³/mol. The largest absolute Gasteiger partial charge is 0.416 e. The number of alkyl halides is 3. The quantitative estimate of drug-likeness (QED) is 0.875. The van der Waals surface area contributed by atoms with Crippen LogP contribution < -0.4 is 5.32 Å². The number of amides is 1. The Morgan fingerprint density at radius 3 is 2.50 bits per heavy atom. The third-order valence-electron chi connectivity index (χ3n) is 3.01. The summed E-state index contributed by atoms with van der Waals surface area (Å²) in [4.78, 5) is 12.0. The van der Waals surface area contributed by atoms with Crippen LogP contribution in [-0.4, -0.2) is 23.7 Å². The Hall–Kier alpha value is -1.56. The fraction of sp³-hybridized carbons (Fsp3) is 0.500. The summed E-state index contributed by atoms with van der Waals surface area (Å²) in [7, 11) is 0. The highest BCUT2D eigenvalue weighted by molar-refractivity contribution is 5.94. The zero-order valence-electron chi connectivity index (χ0n) is 11.4. The first-order chi connectivity index (χ1) is 9.25. The van der Waals surface area contributed by atoms with Gasteiger partial charge in [0.1, 0.15) is 0 Å². The minimum Gasteiger partial charge on any atom is -0.396 e. The molecule has 0 saturated heterocycles. The summed E-state index contributed by atoms with van der Waals surface area (Å²) in [6.45, 7) is 3.64. The first-order valence-corrected chi connectivity index (χ1v) is 6.34. The molecule has 1 amide bonds. The van der Waals surface area contributed by atoms with Crippen molar-refractivity contribution in [1.82, 2.24) is 5.32 Å². The maximum Gasteiger partial charge on any atom is 0.416 e. The first-order valence-electron chi connectivity index (χ1n) is 6.34. The minimum atomic E-state index is -4.47. The van der Waals surface area contributed by atoms with Gasteiger partial charge in [-0.05, 0) is 30.5 Å². The topological polar surface area (TPSA) is 49.3 Å². The van der Waals surface area contributed by atoms with Gasteiger partial charge in [-0.25, -0.2) is 0 Å². The molecule has 0 bridgehead atoms. The Labute approximate surface area is 115 Å². The lowest BCUT2D eigenvalue weighted by Gasteiger charge is -2.21. The van der Waals surface area contributed by atoms with Crippen molar-refractivity contribution >= 4 is 5.91 Å². The molecule has 6 heteroatoms. The molecule has 0 aliphatic carbocycles. The van der Waals surface area contributed by atoms with Gasteiger partial charge in [0.05, 0.1) is 5.56 Å². The van der Waals surface area contributed by atoms with Crippen LogP contribution in [0.25, 0.3) is 0 Å². The third-order valence-corrected chi connectivity index (χ3v) is 3.01. The fourth-order valence-electron chi connectivity index (χ4n) is 1.80. The van der Waals surface area contributed by atoms with E-state index >= 15 is 0 Å². The Bertz CT molecular complexity index is 458. The second-order valence-electron chi connectivity index (χ2n) is 4.91. The summed E-state index contributed by atoms with van der Waals surface area (Å²) in [6, 6.07) is 4.01. The number of nitrogens with one attached hydrogen (secondary N) is 1. The molecule has 3 nitrogen and oxygen atoms in total. The molecule has 0 aliphatic rings. The van der Waals surface area contributed by atoms with E-state index in [0.29, 0.717) is 6.42 Å². The molecule has 1 aromatic carbocycles. The Morgan fingerprint density at radius 2 is 2.00 bits per heavy atom. The van der Waals surface area contributed by atoms with Crippen molar-refractivity contribution in [2.24, 2.45) is 5.92 Å². The van der Waals surface area contributed by atoms with Crippen LogP contribution in [0.3, 0.4) is 0 Å². The smallest absolute Gasteiger partial charge is 0.396 e. The van der Waals surface area contributed by atoms with E-state index < -0.39 is 17.6 Å². The highest BCUT2D eigenvalue weighted by Crippen LogP contribution is 2.29. The molecule has 1 aromatic rings. The molecule has 0 radical (unpaired) electrons. The number of aliphatic hydroxyl groups is 1. The van der Waals surface area contributed by atoms with Gasteiger partial charge in [-0.3, -0.25) is 4.79 Å². The van der Waals surface area contributed by atoms with E-state index in [2.05, 4.69) is 5.32 Å². The van der Waals surface area contributed by atoms with Crippen molar-refractivity contribution in [2.75, 3.05) is 6.61 Å². The molecule has 0 aliphatic heterocycles. The molecule has 1 unspecified atom stereocenters. The van der Waals surface area contributed by atoms with Crippen molar-refractivity contribution < 1.29 is 23.1 Å². The van der Waals surface area contributed by atoms with Crippen LogP contribution in [0.1, 0.15) is 36.2 Å². The highest BCUT2D eigenvalue weighted by Gasteiger charge is 2.31. The average Bonchev–Trinajstić information content (AvgIpc) is 2.37. The number of carbonyl (C=O) groups excluding carboxylic acids is 1. The van der Waals surface area contributed by atoms with Crippen molar-refractivity contribution in [3.63, 3.8) is 0 Å². The summed E-state index contributed by atoms with van der Waals surface area (Å²) in [6.07, 6.45) is -4.11. The number of halogens is 3. The normalized spacial score (nSPS) is 13.3. The number of hydrogen-bond donors (Lipinski definition) is 2. The standard InChI is InChI=1S/C14H18F3NO2/c1-9(2)12(6-7-19)18-13(20)10-4-3-5-11(8-10)14(15,16)17/h3-5,8-9,12,19H,6-7H2,1-2H3,(H,18,20). The molecule has 112 valence electrons. The average molecular weight is 289 g/mol. The second kappa shape index (κ2) is 6.74. The van der Waals surface area contributed by atoms with Crippen LogP contribution in [0.5, 0.6) is 0 Å². The summed E-state index contributed by atoms with van der Waals surface area (Å²) < 4.78 is 37.7. The molecule has 0 aromatic heterocycles. The van der Waals surface area contributed by atoms with Crippen LogP contribution >= 0.6 is 0 Å². The summed E-state index contributed by atoms with van der Waals surface area (Å²) in [5.74, 6) is -0.486. The monoisotopic (exact) mass is 289 g/mol. The Kier molecular flexibility index (Phi) is 5.56. The number of carbonyl (C=O) groups is 1. The van der Waals surface area contributed by atoms with E-state index in [1.807, 2.05) is 13.8 Å². The van der Waals surface area contributed by atoms with E-state index in [-0.39, 0.29) is 24.1 Å². The number of rotatable bonds is 5. The molecule has 1 rings (SSSR count). The third kappa shape index (κ3) is 4.52. The fourth-order valence-corrected chi connectivity index (χ4v) is 1.80. The van der Waals surface area contributed by atoms with Crippen molar-refractivity contribution in [1.29, 1.82) is 0 Å². The molecular formula is C14H18F3NO2. The van der Waals surface area contributed by atoms with E-state index in [0.717, 1.165) is 12.1 Å². The summed E-state index contributed by atoms with van der Waals surface area (Å²) in [5, 5.41) is 11.6. The van der Waals surface area contributed by atoms with E-state index in [9.17, 15) is 18.0 Å². The van der Waals surface area contributed by atoms with Crippen LogP contribution in [0, 0.1) is 5.92 Å². The molecule has 2 N–H and O–H groups in total. The zero-order valence-corrected chi connectivity index (χ0v) is 11.4. The van der Waals surface area contributed by atoms with Gasteiger partial charge in [-0.2, -0.15) is 13.2 Å². The lowest BCUT2D eigenvalue weighted by Crippen LogP contribution is -2.39. The van der Waals surface area contributed by atoms with Crippen LogP contribution in [0.4, 0.5) is 13.2 Å². The van der Waals surface area contributed by atoms with Gasteiger partial charge in [0, 0.05) is 18.2 Å². The second-order valence-corrected chi connectivity index (χ2v) is 4.91. The van der Waals surface area contributed by atoms with Gasteiger partial charge in [-0.15, -0.1) is 0 Å². The molecule has 0 heterocycles. The molecule has 0 saturated carbocycles. The van der Waals surface area contributed by atoms with Gasteiger partial charge < -0.3 is 10.4 Å². The first kappa shape index (κ1) is 16.5. The molecule has 0 fully saturated rings.